The van der Waals surface area contributed by atoms with Crippen molar-refractivity contribution in [3.8, 4) is 22.7 Å². The molecule has 0 saturated carbocycles. The molecule has 1 aromatic carbocycles. The van der Waals surface area contributed by atoms with E-state index in [9.17, 15) is 0 Å². The number of ether oxygens (including phenoxy) is 1. The largest absolute Gasteiger partial charge is 0.497 e. The highest BCUT2D eigenvalue weighted by molar-refractivity contribution is 5.59. The fourth-order valence-corrected chi connectivity index (χ4v) is 3.65. The lowest BCUT2D eigenvalue weighted by atomic mass is 10.1. The number of nitrogens with zero attached hydrogens (tertiary/aromatic N) is 5. The Hall–Kier alpha value is -2.93. The fraction of sp³-hybridized carbons (Fsp3) is 0.381. The quantitative estimate of drug-likeness (QED) is 0.681. The lowest BCUT2D eigenvalue weighted by Gasteiger charge is -2.19. The summed E-state index contributed by atoms with van der Waals surface area (Å²) in [7, 11) is 3.86. The van der Waals surface area contributed by atoms with E-state index in [-0.39, 0.29) is 0 Å². The molecule has 7 heteroatoms. The third-order valence-electron chi connectivity index (χ3n) is 5.28. The maximum Gasteiger partial charge on any atom is 0.223 e. The van der Waals surface area contributed by atoms with Gasteiger partial charge in [-0.05, 0) is 51.1 Å². The molecular formula is C21H26N6O. The van der Waals surface area contributed by atoms with Gasteiger partial charge in [0.05, 0.1) is 24.7 Å². The van der Waals surface area contributed by atoms with E-state index in [1.165, 1.54) is 19.4 Å². The summed E-state index contributed by atoms with van der Waals surface area (Å²) in [6.45, 7) is 2.08. The Morgan fingerprint density at radius 1 is 1.29 bits per heavy atom. The van der Waals surface area contributed by atoms with E-state index >= 15 is 0 Å². The molecule has 0 aliphatic carbocycles. The van der Waals surface area contributed by atoms with Crippen LogP contribution < -0.4 is 10.1 Å². The average molecular weight is 378 g/mol. The van der Waals surface area contributed by atoms with Gasteiger partial charge in [-0.3, -0.25) is 0 Å². The first-order valence-electron chi connectivity index (χ1n) is 9.69. The number of benzene rings is 1. The van der Waals surface area contributed by atoms with Gasteiger partial charge >= 0.3 is 0 Å². The summed E-state index contributed by atoms with van der Waals surface area (Å²) in [5.41, 5.74) is 2.74. The minimum absolute atomic E-state index is 0.660. The van der Waals surface area contributed by atoms with Gasteiger partial charge in [-0.15, -0.1) is 0 Å². The molecule has 1 atom stereocenters. The SMILES string of the molecule is COc1cccc(-n2cc(-c3ccnc(NCC[C@H]4CCCN4C)n3)cn2)c1. The smallest absolute Gasteiger partial charge is 0.223 e. The second-order valence-electron chi connectivity index (χ2n) is 7.13. The first kappa shape index (κ1) is 18.4. The van der Waals surface area contributed by atoms with Gasteiger partial charge < -0.3 is 15.0 Å². The van der Waals surface area contributed by atoms with Crippen LogP contribution in [0.3, 0.4) is 0 Å². The molecule has 0 unspecified atom stereocenters. The van der Waals surface area contributed by atoms with Crippen LogP contribution >= 0.6 is 0 Å². The normalized spacial score (nSPS) is 17.0. The van der Waals surface area contributed by atoms with E-state index in [1.807, 2.05) is 47.4 Å². The summed E-state index contributed by atoms with van der Waals surface area (Å²) in [4.78, 5) is 11.4. The molecule has 1 fully saturated rings. The Bertz CT molecular complexity index is 925. The van der Waals surface area contributed by atoms with Crippen molar-refractivity contribution in [2.45, 2.75) is 25.3 Å². The highest BCUT2D eigenvalue weighted by atomic mass is 16.5. The Labute approximate surface area is 165 Å². The summed E-state index contributed by atoms with van der Waals surface area (Å²) >= 11 is 0. The van der Waals surface area contributed by atoms with E-state index in [2.05, 4.69) is 32.3 Å². The van der Waals surface area contributed by atoms with Crippen LogP contribution in [0.2, 0.25) is 0 Å². The molecule has 3 aromatic rings. The predicted molar refractivity (Wildman–Crippen MR) is 110 cm³/mol. The minimum Gasteiger partial charge on any atom is -0.497 e. The van der Waals surface area contributed by atoms with Crippen molar-refractivity contribution in [1.82, 2.24) is 24.6 Å². The third-order valence-corrected chi connectivity index (χ3v) is 5.28. The van der Waals surface area contributed by atoms with Crippen LogP contribution in [0.15, 0.2) is 48.9 Å². The lowest BCUT2D eigenvalue weighted by Crippen LogP contribution is -2.27. The van der Waals surface area contributed by atoms with Crippen molar-refractivity contribution in [2.24, 2.45) is 0 Å². The summed E-state index contributed by atoms with van der Waals surface area (Å²) in [6, 6.07) is 10.4. The number of rotatable bonds is 7. The fourth-order valence-electron chi connectivity index (χ4n) is 3.65. The number of likely N-dealkylation sites (tertiary alicyclic amines) is 1. The maximum atomic E-state index is 5.29. The molecule has 0 radical (unpaired) electrons. The Morgan fingerprint density at radius 3 is 3.04 bits per heavy atom. The number of anilines is 1. The van der Waals surface area contributed by atoms with E-state index in [0.29, 0.717) is 12.0 Å². The van der Waals surface area contributed by atoms with Crippen molar-refractivity contribution in [2.75, 3.05) is 32.6 Å². The topological polar surface area (TPSA) is 68.1 Å². The average Bonchev–Trinajstić information content (AvgIpc) is 3.38. The molecule has 28 heavy (non-hydrogen) atoms. The summed E-state index contributed by atoms with van der Waals surface area (Å²) in [6.07, 6.45) is 9.26. The number of hydrogen-bond donors (Lipinski definition) is 1. The highest BCUT2D eigenvalue weighted by Crippen LogP contribution is 2.21. The Balaban J connectivity index is 1.43. The zero-order chi connectivity index (χ0) is 19.3. The van der Waals surface area contributed by atoms with Crippen molar-refractivity contribution in [3.05, 3.63) is 48.9 Å². The second kappa shape index (κ2) is 8.39. The zero-order valence-corrected chi connectivity index (χ0v) is 16.4. The Kier molecular flexibility index (Phi) is 5.53. The van der Waals surface area contributed by atoms with E-state index in [1.54, 1.807) is 13.3 Å². The van der Waals surface area contributed by atoms with E-state index in [0.717, 1.165) is 35.7 Å². The molecule has 1 aliphatic heterocycles. The summed E-state index contributed by atoms with van der Waals surface area (Å²) in [5.74, 6) is 1.46. The van der Waals surface area contributed by atoms with E-state index < -0.39 is 0 Å². The molecule has 7 nitrogen and oxygen atoms in total. The molecule has 4 rings (SSSR count). The first-order chi connectivity index (χ1) is 13.7. The number of aromatic nitrogens is 4. The molecule has 0 bridgehead atoms. The van der Waals surface area contributed by atoms with Crippen molar-refractivity contribution in [1.29, 1.82) is 0 Å². The van der Waals surface area contributed by atoms with Gasteiger partial charge in [0.2, 0.25) is 5.95 Å². The molecule has 1 aliphatic rings. The van der Waals surface area contributed by atoms with Crippen molar-refractivity contribution < 1.29 is 4.74 Å². The van der Waals surface area contributed by atoms with Crippen LogP contribution in [0.5, 0.6) is 5.75 Å². The molecule has 1 saturated heterocycles. The molecule has 0 amide bonds. The first-order valence-corrected chi connectivity index (χ1v) is 9.69. The van der Waals surface area contributed by atoms with Crippen LogP contribution in [-0.4, -0.2) is 57.9 Å². The number of methoxy groups -OCH3 is 1. The van der Waals surface area contributed by atoms with Crippen LogP contribution in [-0.2, 0) is 0 Å². The monoisotopic (exact) mass is 378 g/mol. The lowest BCUT2D eigenvalue weighted by molar-refractivity contribution is 0.301. The molecule has 1 N–H and O–H groups in total. The highest BCUT2D eigenvalue weighted by Gasteiger charge is 2.20. The second-order valence-corrected chi connectivity index (χ2v) is 7.13. The van der Waals surface area contributed by atoms with Gasteiger partial charge in [0.15, 0.2) is 0 Å². The standard InChI is InChI=1S/C21H26N6O/c1-26-12-4-6-17(26)8-10-22-21-23-11-9-20(25-21)16-14-24-27(15-16)18-5-3-7-19(13-18)28-2/h3,5,7,9,11,13-15,17H,4,6,8,10,12H2,1-2H3,(H,22,23,25)/t17-/m1/s1. The van der Waals surface area contributed by atoms with Crippen molar-refractivity contribution >= 4 is 5.95 Å². The third kappa shape index (κ3) is 4.14. The van der Waals surface area contributed by atoms with E-state index in [4.69, 9.17) is 4.74 Å². The molecule has 2 aromatic heterocycles. The van der Waals surface area contributed by atoms with Gasteiger partial charge in [0.1, 0.15) is 5.75 Å². The number of nitrogens with one attached hydrogen (secondary N) is 1. The van der Waals surface area contributed by atoms with Crippen LogP contribution in [0.1, 0.15) is 19.3 Å². The van der Waals surface area contributed by atoms with Crippen LogP contribution in [0.25, 0.3) is 16.9 Å². The van der Waals surface area contributed by atoms with Gasteiger partial charge in [-0.25, -0.2) is 14.6 Å². The van der Waals surface area contributed by atoms with Crippen molar-refractivity contribution in [3.63, 3.8) is 0 Å². The Morgan fingerprint density at radius 2 is 2.21 bits per heavy atom. The van der Waals surface area contributed by atoms with Crippen LogP contribution in [0.4, 0.5) is 5.95 Å². The summed E-state index contributed by atoms with van der Waals surface area (Å²) in [5, 5.41) is 7.83. The molecular weight excluding hydrogens is 352 g/mol. The summed E-state index contributed by atoms with van der Waals surface area (Å²) < 4.78 is 7.11. The van der Waals surface area contributed by atoms with Gasteiger partial charge in [-0.1, -0.05) is 6.07 Å². The molecule has 0 spiro atoms. The zero-order valence-electron chi connectivity index (χ0n) is 16.4. The van der Waals surface area contributed by atoms with Gasteiger partial charge in [0.25, 0.3) is 0 Å². The number of hydrogen-bond acceptors (Lipinski definition) is 6. The molecule has 146 valence electrons. The van der Waals surface area contributed by atoms with Crippen LogP contribution in [0, 0.1) is 0 Å². The van der Waals surface area contributed by atoms with Gasteiger partial charge in [-0.2, -0.15) is 5.10 Å². The van der Waals surface area contributed by atoms with Gasteiger partial charge in [0, 0.05) is 36.6 Å². The minimum atomic E-state index is 0.660. The maximum absolute atomic E-state index is 5.29. The predicted octanol–water partition coefficient (Wildman–Crippen LogP) is 3.23. The molecule has 3 heterocycles.